The molecule has 0 atom stereocenters. The van der Waals surface area contributed by atoms with E-state index in [1.807, 2.05) is 26.8 Å². The largest absolute Gasteiger partial charge is 0.481 e. The Morgan fingerprint density at radius 2 is 2.12 bits per heavy atom. The van der Waals surface area contributed by atoms with Crippen LogP contribution in [0.5, 0.6) is 0 Å². The van der Waals surface area contributed by atoms with Gasteiger partial charge < -0.3 is 9.52 Å². The molecule has 26 heavy (non-hydrogen) atoms. The van der Waals surface area contributed by atoms with Gasteiger partial charge in [0, 0.05) is 16.9 Å². The van der Waals surface area contributed by atoms with Crippen LogP contribution >= 0.6 is 11.3 Å². The summed E-state index contributed by atoms with van der Waals surface area (Å²) in [4.78, 5) is 21.5. The van der Waals surface area contributed by atoms with E-state index in [4.69, 9.17) is 9.52 Å². The molecule has 2 N–H and O–H groups in total. The molecule has 0 spiro atoms. The molecule has 0 aliphatic carbocycles. The fraction of sp³-hybridized carbons (Fsp3) is 0.333. The van der Waals surface area contributed by atoms with Crippen molar-refractivity contribution in [1.82, 2.24) is 9.97 Å². The maximum absolute atomic E-state index is 10.7. The van der Waals surface area contributed by atoms with Crippen LogP contribution in [0.25, 0.3) is 10.2 Å². The van der Waals surface area contributed by atoms with Gasteiger partial charge in [-0.3, -0.25) is 10.2 Å². The Morgan fingerprint density at radius 3 is 2.85 bits per heavy atom. The average Bonchev–Trinajstić information content (AvgIpc) is 3.11. The lowest BCUT2D eigenvalue weighted by atomic mass is 10.1. The molecule has 3 rings (SSSR count). The van der Waals surface area contributed by atoms with E-state index in [2.05, 4.69) is 27.4 Å². The Labute approximate surface area is 154 Å². The van der Waals surface area contributed by atoms with Crippen molar-refractivity contribution in [2.45, 2.75) is 40.5 Å². The number of hydrogen-bond acceptors (Lipinski definition) is 7. The Morgan fingerprint density at radius 1 is 1.35 bits per heavy atom. The number of anilines is 1. The molecule has 0 aromatic carbocycles. The zero-order valence-corrected chi connectivity index (χ0v) is 15.9. The van der Waals surface area contributed by atoms with Crippen molar-refractivity contribution in [3.05, 3.63) is 39.9 Å². The lowest BCUT2D eigenvalue weighted by Gasteiger charge is -2.04. The van der Waals surface area contributed by atoms with Crippen LogP contribution in [-0.4, -0.2) is 26.8 Å². The van der Waals surface area contributed by atoms with Gasteiger partial charge in [0.25, 0.3) is 0 Å². The Balaban J connectivity index is 1.84. The maximum atomic E-state index is 10.7. The highest BCUT2D eigenvalue weighted by Crippen LogP contribution is 2.32. The van der Waals surface area contributed by atoms with Crippen molar-refractivity contribution in [2.75, 3.05) is 5.43 Å². The van der Waals surface area contributed by atoms with E-state index in [1.165, 1.54) is 11.2 Å². The van der Waals surface area contributed by atoms with Gasteiger partial charge in [-0.05, 0) is 39.3 Å². The summed E-state index contributed by atoms with van der Waals surface area (Å²) in [5, 5.41) is 14.2. The first kappa shape index (κ1) is 18.1. The smallest absolute Gasteiger partial charge is 0.303 e. The number of carbonyl (C=O) groups is 1. The Hall–Kier alpha value is -2.74. The second-order valence-corrected chi connectivity index (χ2v) is 7.27. The van der Waals surface area contributed by atoms with Gasteiger partial charge in [0.15, 0.2) is 5.82 Å². The maximum Gasteiger partial charge on any atom is 0.303 e. The number of aliphatic carboxylic acids is 1. The number of carboxylic acid groups (broad SMARTS) is 1. The van der Waals surface area contributed by atoms with E-state index in [0.29, 0.717) is 23.8 Å². The number of fused-ring (bicyclic) bond motifs is 1. The van der Waals surface area contributed by atoms with Crippen LogP contribution < -0.4 is 5.43 Å². The number of rotatable bonds is 6. The summed E-state index contributed by atoms with van der Waals surface area (Å²) in [5.74, 6) is 1.18. The first-order chi connectivity index (χ1) is 12.4. The topological polar surface area (TPSA) is 101 Å². The Kier molecular flexibility index (Phi) is 5.03. The van der Waals surface area contributed by atoms with Crippen LogP contribution in [0, 0.1) is 20.8 Å². The number of hydrazone groups is 1. The number of aromatic nitrogens is 2. The van der Waals surface area contributed by atoms with E-state index in [-0.39, 0.29) is 6.42 Å². The first-order valence-electron chi connectivity index (χ1n) is 8.19. The quantitative estimate of drug-likeness (QED) is 0.500. The minimum atomic E-state index is -0.845. The van der Waals surface area contributed by atoms with E-state index in [0.717, 1.165) is 27.1 Å². The third kappa shape index (κ3) is 3.60. The summed E-state index contributed by atoms with van der Waals surface area (Å²) in [6, 6.07) is 1.84. The third-order valence-corrected chi connectivity index (χ3v) is 5.35. The Bertz CT molecular complexity index is 1000. The second kappa shape index (κ2) is 7.25. The zero-order chi connectivity index (χ0) is 18.8. The zero-order valence-electron chi connectivity index (χ0n) is 15.1. The fourth-order valence-electron chi connectivity index (χ4n) is 2.72. The van der Waals surface area contributed by atoms with Crippen molar-refractivity contribution >= 4 is 39.1 Å². The summed E-state index contributed by atoms with van der Waals surface area (Å²) < 4.78 is 5.64. The molecule has 136 valence electrons. The van der Waals surface area contributed by atoms with Crippen molar-refractivity contribution in [1.29, 1.82) is 0 Å². The summed E-state index contributed by atoms with van der Waals surface area (Å²) in [6.07, 6.45) is 1.92. The first-order valence-corrected chi connectivity index (χ1v) is 9.01. The lowest BCUT2D eigenvalue weighted by Crippen LogP contribution is -2.02. The van der Waals surface area contributed by atoms with Crippen LogP contribution in [0.15, 0.2) is 21.9 Å². The van der Waals surface area contributed by atoms with Crippen molar-refractivity contribution in [3.8, 4) is 0 Å². The molecule has 3 aromatic heterocycles. The van der Waals surface area contributed by atoms with Crippen LogP contribution in [0.2, 0.25) is 0 Å². The number of carboxylic acids is 1. The minimum Gasteiger partial charge on any atom is -0.481 e. The summed E-state index contributed by atoms with van der Waals surface area (Å²) in [5.41, 5.74) is 5.77. The average molecular weight is 372 g/mol. The van der Waals surface area contributed by atoms with Crippen molar-refractivity contribution in [2.24, 2.45) is 5.10 Å². The molecular weight excluding hydrogens is 352 g/mol. The molecule has 3 aromatic rings. The molecule has 7 nitrogen and oxygen atoms in total. The standard InChI is InChI=1S/C18H20N4O3S/c1-9-12(4)26-18-16(9)17(19-8-20-18)22-21-10(2)14-7-13(25-11(14)3)5-6-15(23)24/h7-8H,5-6H2,1-4H3,(H,23,24)(H,19,20,22)/b21-10-. The number of nitrogens with zero attached hydrogens (tertiary/aromatic N) is 3. The molecule has 8 heteroatoms. The second-order valence-electron chi connectivity index (χ2n) is 6.07. The molecule has 0 bridgehead atoms. The monoisotopic (exact) mass is 372 g/mol. The number of thiophene rings is 1. The fourth-order valence-corrected chi connectivity index (χ4v) is 3.72. The van der Waals surface area contributed by atoms with Gasteiger partial charge in [0.1, 0.15) is 22.7 Å². The molecular formula is C18H20N4O3S. The summed E-state index contributed by atoms with van der Waals surface area (Å²) in [7, 11) is 0. The van der Waals surface area contributed by atoms with Crippen molar-refractivity contribution in [3.63, 3.8) is 0 Å². The highest BCUT2D eigenvalue weighted by atomic mass is 32.1. The van der Waals surface area contributed by atoms with Gasteiger partial charge >= 0.3 is 5.97 Å². The van der Waals surface area contributed by atoms with Gasteiger partial charge in [-0.2, -0.15) is 5.10 Å². The molecule has 0 saturated heterocycles. The summed E-state index contributed by atoms with van der Waals surface area (Å²) >= 11 is 1.63. The van der Waals surface area contributed by atoms with Gasteiger partial charge in [-0.15, -0.1) is 11.3 Å². The van der Waals surface area contributed by atoms with E-state index in [1.54, 1.807) is 11.3 Å². The molecule has 0 aliphatic heterocycles. The van der Waals surface area contributed by atoms with Gasteiger partial charge in [0.05, 0.1) is 17.5 Å². The molecule has 3 heterocycles. The number of aryl methyl sites for hydroxylation is 4. The highest BCUT2D eigenvalue weighted by molar-refractivity contribution is 7.18. The molecule has 0 radical (unpaired) electrons. The predicted octanol–water partition coefficient (Wildman–Crippen LogP) is 4.06. The van der Waals surface area contributed by atoms with Crippen LogP contribution in [-0.2, 0) is 11.2 Å². The van der Waals surface area contributed by atoms with Crippen molar-refractivity contribution < 1.29 is 14.3 Å². The molecule has 0 amide bonds. The van der Waals surface area contributed by atoms with E-state index in [9.17, 15) is 4.79 Å². The van der Waals surface area contributed by atoms with E-state index >= 15 is 0 Å². The molecule has 0 saturated carbocycles. The van der Waals surface area contributed by atoms with Crippen LogP contribution in [0.4, 0.5) is 5.82 Å². The highest BCUT2D eigenvalue weighted by Gasteiger charge is 2.13. The van der Waals surface area contributed by atoms with Crippen LogP contribution in [0.1, 0.15) is 40.9 Å². The SMILES string of the molecule is C/C(=N/Nc1ncnc2sc(C)c(C)c12)c1cc(CCC(=O)O)oc1C. The third-order valence-electron chi connectivity index (χ3n) is 4.24. The molecule has 0 fully saturated rings. The van der Waals surface area contributed by atoms with Gasteiger partial charge in [0.2, 0.25) is 0 Å². The van der Waals surface area contributed by atoms with Gasteiger partial charge in [-0.1, -0.05) is 0 Å². The predicted molar refractivity (Wildman–Crippen MR) is 102 cm³/mol. The number of furan rings is 1. The molecule has 0 unspecified atom stereocenters. The van der Waals surface area contributed by atoms with Gasteiger partial charge in [-0.25, -0.2) is 9.97 Å². The van der Waals surface area contributed by atoms with E-state index < -0.39 is 5.97 Å². The number of nitrogens with one attached hydrogen (secondary N) is 1. The number of hydrogen-bond donors (Lipinski definition) is 2. The van der Waals surface area contributed by atoms with Crippen LogP contribution in [0.3, 0.4) is 0 Å². The minimum absolute atomic E-state index is 0.0382. The molecule has 0 aliphatic rings. The lowest BCUT2D eigenvalue weighted by molar-refractivity contribution is -0.137. The summed E-state index contributed by atoms with van der Waals surface area (Å²) in [6.45, 7) is 7.82. The normalized spacial score (nSPS) is 11.9.